The van der Waals surface area contributed by atoms with Crippen LogP contribution in [-0.4, -0.2) is 40.1 Å². The van der Waals surface area contributed by atoms with Crippen molar-refractivity contribution in [1.29, 1.82) is 0 Å². The van der Waals surface area contributed by atoms with Crippen molar-refractivity contribution < 1.29 is 38.4 Å². The van der Waals surface area contributed by atoms with Gasteiger partial charge in [-0.15, -0.1) is 0 Å². The smallest absolute Gasteiger partial charge is 0.342 e. The first-order valence-electron chi connectivity index (χ1n) is 12.3. The predicted molar refractivity (Wildman–Crippen MR) is 129 cm³/mol. The van der Waals surface area contributed by atoms with Gasteiger partial charge in [0.2, 0.25) is 0 Å². The number of cyclic esters (lactones) is 1. The number of Topliss-reactive ketones (excluding diaryl/α,β-unsaturated/α-hetero) is 1. The second-order valence-electron chi connectivity index (χ2n) is 11.1. The molecule has 1 aliphatic carbocycles. The Morgan fingerprint density at radius 1 is 1.25 bits per heavy atom. The summed E-state index contributed by atoms with van der Waals surface area (Å²) in [5, 5.41) is 10.9. The molecular formula is C27H31ClO8. The Labute approximate surface area is 214 Å². The van der Waals surface area contributed by atoms with E-state index in [1.807, 2.05) is 33.8 Å². The molecule has 0 unspecified atom stereocenters. The quantitative estimate of drug-likeness (QED) is 0.547. The highest BCUT2D eigenvalue weighted by Gasteiger charge is 2.71. The van der Waals surface area contributed by atoms with Gasteiger partial charge in [0.05, 0.1) is 11.2 Å². The number of carbonyl (C=O) groups is 3. The molecule has 1 spiro atoms. The number of fused-ring (bicyclic) bond motifs is 3. The van der Waals surface area contributed by atoms with Crippen LogP contribution in [0.1, 0.15) is 88.4 Å². The maximum Gasteiger partial charge on any atom is 0.342 e. The summed E-state index contributed by atoms with van der Waals surface area (Å²) in [7, 11) is 0. The molecule has 36 heavy (non-hydrogen) atoms. The van der Waals surface area contributed by atoms with Crippen LogP contribution in [-0.2, 0) is 30.2 Å². The molecule has 0 radical (unpaired) electrons. The number of allylic oxidation sites excluding steroid dienone is 2. The fourth-order valence-electron chi connectivity index (χ4n) is 6.48. The Morgan fingerprint density at radius 2 is 1.94 bits per heavy atom. The van der Waals surface area contributed by atoms with E-state index in [1.54, 1.807) is 6.92 Å². The van der Waals surface area contributed by atoms with E-state index in [0.29, 0.717) is 24.8 Å². The van der Waals surface area contributed by atoms with E-state index >= 15 is 0 Å². The zero-order valence-corrected chi connectivity index (χ0v) is 22.1. The second-order valence-corrected chi connectivity index (χ2v) is 11.4. The summed E-state index contributed by atoms with van der Waals surface area (Å²) in [4.78, 5) is 38.5. The van der Waals surface area contributed by atoms with Crippen LogP contribution >= 0.6 is 11.6 Å². The van der Waals surface area contributed by atoms with Crippen molar-refractivity contribution in [2.45, 2.75) is 90.6 Å². The van der Waals surface area contributed by atoms with Crippen molar-refractivity contribution in [3.8, 4) is 11.5 Å². The van der Waals surface area contributed by atoms with Crippen LogP contribution in [0.3, 0.4) is 0 Å². The van der Waals surface area contributed by atoms with Gasteiger partial charge >= 0.3 is 11.9 Å². The Hall–Kier alpha value is -2.74. The third-order valence-corrected chi connectivity index (χ3v) is 8.88. The first-order chi connectivity index (χ1) is 16.8. The molecule has 0 bridgehead atoms. The van der Waals surface area contributed by atoms with Crippen molar-refractivity contribution in [2.24, 2.45) is 11.3 Å². The number of carbonyl (C=O) groups excluding carboxylic acids is 3. The van der Waals surface area contributed by atoms with Gasteiger partial charge in [0.25, 0.3) is 0 Å². The molecule has 0 saturated heterocycles. The molecule has 4 aliphatic rings. The molecule has 1 aromatic carbocycles. The van der Waals surface area contributed by atoms with Gasteiger partial charge in [0.15, 0.2) is 17.5 Å². The maximum atomic E-state index is 13.5. The van der Waals surface area contributed by atoms with Crippen molar-refractivity contribution >= 4 is 29.3 Å². The average molecular weight is 519 g/mol. The van der Waals surface area contributed by atoms with E-state index in [4.69, 9.17) is 30.5 Å². The first-order valence-corrected chi connectivity index (χ1v) is 12.7. The van der Waals surface area contributed by atoms with Gasteiger partial charge in [-0.2, -0.15) is 0 Å². The van der Waals surface area contributed by atoms with Gasteiger partial charge < -0.3 is 24.1 Å². The molecule has 3 heterocycles. The lowest BCUT2D eigenvalue weighted by Crippen LogP contribution is -2.74. The minimum absolute atomic E-state index is 0.0766. The summed E-state index contributed by atoms with van der Waals surface area (Å²) in [5.41, 5.74) is -2.39. The normalized spacial score (nSPS) is 34.7. The Kier molecular flexibility index (Phi) is 5.46. The van der Waals surface area contributed by atoms with Crippen molar-refractivity contribution in [1.82, 2.24) is 0 Å². The predicted octanol–water partition coefficient (Wildman–Crippen LogP) is 4.97. The second kappa shape index (κ2) is 7.88. The third-order valence-electron chi connectivity index (χ3n) is 8.53. The molecule has 5 rings (SSSR count). The molecule has 194 valence electrons. The Morgan fingerprint density at radius 3 is 2.58 bits per heavy atom. The highest BCUT2D eigenvalue weighted by atomic mass is 35.5. The van der Waals surface area contributed by atoms with Crippen LogP contribution < -0.4 is 4.74 Å². The molecule has 8 nitrogen and oxygen atoms in total. The topological polar surface area (TPSA) is 108 Å². The fraction of sp³-hybridized carbons (Fsp3) is 0.593. The molecule has 9 heteroatoms. The van der Waals surface area contributed by atoms with E-state index in [9.17, 15) is 19.5 Å². The number of benzene rings is 1. The standard InChI is InChI=1S/C27H31ClO8/c1-12(2)16-7-9-25(5)17(30)8-10-26(6)27(25,35-16)11-15-18-19(21(31)20(28)23(15)36-26)24(32)33-13(3)22(18)34-14(4)29/h7,12-13,22,31H,8-11H2,1-6H3/t13-,22+,25+,26-,27+/m1/s1. The van der Waals surface area contributed by atoms with Gasteiger partial charge in [-0.05, 0) is 39.7 Å². The molecule has 5 atom stereocenters. The number of ether oxygens (including phenoxy) is 4. The number of ketones is 1. The third kappa shape index (κ3) is 3.09. The minimum Gasteiger partial charge on any atom is -0.505 e. The van der Waals surface area contributed by atoms with Crippen LogP contribution in [0.5, 0.6) is 11.5 Å². The maximum absolute atomic E-state index is 13.5. The van der Waals surface area contributed by atoms with E-state index in [1.165, 1.54) is 6.92 Å². The van der Waals surface area contributed by atoms with E-state index < -0.39 is 46.5 Å². The highest BCUT2D eigenvalue weighted by Crippen LogP contribution is 2.63. The molecule has 3 aliphatic heterocycles. The fourth-order valence-corrected chi connectivity index (χ4v) is 6.72. The summed E-state index contributed by atoms with van der Waals surface area (Å²) in [6.45, 7) is 10.7. The van der Waals surface area contributed by atoms with Gasteiger partial charge in [-0.1, -0.05) is 25.4 Å². The van der Waals surface area contributed by atoms with Crippen LogP contribution in [0.2, 0.25) is 5.02 Å². The zero-order chi connectivity index (χ0) is 26.4. The Balaban J connectivity index is 1.81. The van der Waals surface area contributed by atoms with E-state index in [-0.39, 0.29) is 40.0 Å². The summed E-state index contributed by atoms with van der Waals surface area (Å²) in [6.07, 6.45) is 1.53. The molecular weight excluding hydrogens is 488 g/mol. The summed E-state index contributed by atoms with van der Waals surface area (Å²) in [5.74, 6) is -0.702. The Bertz CT molecular complexity index is 1230. The van der Waals surface area contributed by atoms with Gasteiger partial charge in [-0.25, -0.2) is 4.79 Å². The van der Waals surface area contributed by atoms with E-state index in [2.05, 4.69) is 0 Å². The van der Waals surface area contributed by atoms with Crippen LogP contribution in [0, 0.1) is 11.3 Å². The van der Waals surface area contributed by atoms with Crippen LogP contribution in [0.15, 0.2) is 11.8 Å². The number of hydrogen-bond acceptors (Lipinski definition) is 8. The van der Waals surface area contributed by atoms with Gasteiger partial charge in [-0.3, -0.25) is 9.59 Å². The number of aromatic hydroxyl groups is 1. The lowest BCUT2D eigenvalue weighted by atomic mass is 9.51. The average Bonchev–Trinajstić information content (AvgIpc) is 2.79. The largest absolute Gasteiger partial charge is 0.505 e. The monoisotopic (exact) mass is 518 g/mol. The molecule has 1 saturated carbocycles. The number of esters is 2. The van der Waals surface area contributed by atoms with Crippen molar-refractivity contribution in [2.75, 3.05) is 0 Å². The van der Waals surface area contributed by atoms with Crippen molar-refractivity contribution in [3.05, 3.63) is 33.5 Å². The number of phenols is 1. The first kappa shape index (κ1) is 24.9. The van der Waals surface area contributed by atoms with Crippen molar-refractivity contribution in [3.63, 3.8) is 0 Å². The summed E-state index contributed by atoms with van der Waals surface area (Å²) >= 11 is 6.60. The number of phenolic OH excluding ortho intramolecular Hbond substituents is 1. The van der Waals surface area contributed by atoms with Gasteiger partial charge in [0, 0.05) is 36.8 Å². The van der Waals surface area contributed by atoms with Crippen LogP contribution in [0.25, 0.3) is 0 Å². The molecule has 1 fully saturated rings. The van der Waals surface area contributed by atoms with Gasteiger partial charge in [0.1, 0.15) is 33.8 Å². The highest BCUT2D eigenvalue weighted by molar-refractivity contribution is 6.34. The SMILES string of the molecule is CC(=O)O[C@@H]1c2c3c(c(Cl)c(O)c2C(=O)O[C@@H]1C)O[C@]1(C)CCC(=O)[C@]2(C)CC=C(C(C)C)O[C@]12C3. The molecule has 0 aromatic heterocycles. The molecule has 1 N–H and O–H groups in total. The lowest BCUT2D eigenvalue weighted by Gasteiger charge is -2.63. The number of hydrogen-bond donors (Lipinski definition) is 1. The minimum atomic E-state index is -1.11. The summed E-state index contributed by atoms with van der Waals surface area (Å²) < 4.78 is 24.4. The summed E-state index contributed by atoms with van der Waals surface area (Å²) in [6, 6.07) is 0. The van der Waals surface area contributed by atoms with Crippen LogP contribution in [0.4, 0.5) is 0 Å². The number of halogens is 1. The number of rotatable bonds is 2. The molecule has 0 amide bonds. The zero-order valence-electron chi connectivity index (χ0n) is 21.3. The lowest BCUT2D eigenvalue weighted by molar-refractivity contribution is -0.236. The molecule has 1 aromatic rings. The van der Waals surface area contributed by atoms with E-state index in [0.717, 1.165) is 5.76 Å².